The van der Waals surface area contributed by atoms with E-state index < -0.39 is 0 Å². The lowest BCUT2D eigenvalue weighted by atomic mass is 9.62. The summed E-state index contributed by atoms with van der Waals surface area (Å²) >= 11 is 0. The van der Waals surface area contributed by atoms with E-state index in [0.717, 1.165) is 17.8 Å². The van der Waals surface area contributed by atoms with Crippen molar-refractivity contribution >= 4 is 27.7 Å². The Labute approximate surface area is 371 Å². The highest BCUT2D eigenvalue weighted by atomic mass is 15.1. The zero-order chi connectivity index (χ0) is 42.1. The van der Waals surface area contributed by atoms with Crippen LogP contribution in [0.2, 0.25) is 0 Å². The van der Waals surface area contributed by atoms with Crippen molar-refractivity contribution in [1.29, 1.82) is 0 Å². The van der Waals surface area contributed by atoms with E-state index in [0.29, 0.717) is 5.92 Å². The van der Waals surface area contributed by atoms with Gasteiger partial charge in [0.25, 0.3) is 0 Å². The number of anilines is 2. The van der Waals surface area contributed by atoms with Crippen LogP contribution < -0.4 is 4.90 Å². The summed E-state index contributed by atoms with van der Waals surface area (Å²) in [6, 6.07) is 74.5. The van der Waals surface area contributed by atoms with Crippen LogP contribution in [0, 0.1) is 5.92 Å². The molecule has 3 atom stereocenters. The summed E-state index contributed by atoms with van der Waals surface area (Å²) in [5.41, 5.74) is 18.1. The molecule has 0 radical (unpaired) electrons. The summed E-state index contributed by atoms with van der Waals surface area (Å²) in [5, 5.41) is 2.52. The van der Waals surface area contributed by atoms with Crippen molar-refractivity contribution in [3.63, 3.8) is 0 Å². The number of para-hydroxylation sites is 1. The van der Waals surface area contributed by atoms with Crippen LogP contribution in [0.5, 0.6) is 0 Å². The standard InChI is InChI=1S/C62H49N/c1-61(2)56-28-16-14-26-52(56)54-39-36-49(41-58(54)61)63(47-23-10-5-11-24-47)48-34-30-43(31-35-48)51-37-32-42-18-12-13-25-50(42)60(51)44-33-38-55-53-27-15-17-29-57(53)62(59(55)40-44,45-19-6-3-7-20-45)46-21-8-4-9-22-46/h3-38,40-41,54-55,59H,39H2,1-2H3. The molecule has 0 fully saturated rings. The largest absolute Gasteiger partial charge is 0.311 e. The maximum Gasteiger partial charge on any atom is 0.0525 e. The SMILES string of the molecule is CC1(C)C2=CC(N(c3ccccc3)c3ccc(-c4ccc5ccccc5c4C4=CC5C(C=C4)c4ccccc4C5(c4ccccc4)c4ccccc4)cc3)=CCC2c2ccccc21. The van der Waals surface area contributed by atoms with Crippen LogP contribution in [-0.2, 0) is 10.8 Å². The van der Waals surface area contributed by atoms with Gasteiger partial charge in [0.2, 0.25) is 0 Å². The predicted molar refractivity (Wildman–Crippen MR) is 264 cm³/mol. The second-order valence-corrected chi connectivity index (χ2v) is 18.3. The van der Waals surface area contributed by atoms with Crippen LogP contribution in [0.1, 0.15) is 71.0 Å². The summed E-state index contributed by atoms with van der Waals surface area (Å²) in [6.07, 6.45) is 13.5. The van der Waals surface area contributed by atoms with E-state index >= 15 is 0 Å². The van der Waals surface area contributed by atoms with Gasteiger partial charge in [-0.25, -0.2) is 0 Å². The molecule has 0 aromatic heterocycles. The molecule has 0 heterocycles. The van der Waals surface area contributed by atoms with Gasteiger partial charge in [0.05, 0.1) is 5.41 Å². The highest BCUT2D eigenvalue weighted by Gasteiger charge is 2.53. The zero-order valence-electron chi connectivity index (χ0n) is 35.8. The number of benzene rings is 8. The molecule has 0 N–H and O–H groups in total. The third-order valence-corrected chi connectivity index (χ3v) is 14.8. The lowest BCUT2D eigenvalue weighted by Gasteiger charge is -2.39. The molecule has 63 heavy (non-hydrogen) atoms. The summed E-state index contributed by atoms with van der Waals surface area (Å²) in [4.78, 5) is 2.45. The Morgan fingerprint density at radius 1 is 0.540 bits per heavy atom. The molecular formula is C62H49N. The second kappa shape index (κ2) is 14.7. The molecule has 1 heteroatoms. The molecule has 0 spiro atoms. The molecule has 4 aliphatic carbocycles. The van der Waals surface area contributed by atoms with Crippen LogP contribution in [0.3, 0.4) is 0 Å². The van der Waals surface area contributed by atoms with E-state index in [1.807, 2.05) is 0 Å². The Morgan fingerprint density at radius 3 is 1.87 bits per heavy atom. The quantitative estimate of drug-likeness (QED) is 0.155. The van der Waals surface area contributed by atoms with Crippen molar-refractivity contribution in [3.8, 4) is 11.1 Å². The number of hydrogen-bond acceptors (Lipinski definition) is 1. The molecule has 8 aromatic rings. The Kier molecular flexibility index (Phi) is 8.76. The summed E-state index contributed by atoms with van der Waals surface area (Å²) < 4.78 is 0. The van der Waals surface area contributed by atoms with Crippen LogP contribution in [0.4, 0.5) is 11.4 Å². The predicted octanol–water partition coefficient (Wildman–Crippen LogP) is 15.6. The van der Waals surface area contributed by atoms with Gasteiger partial charge in [-0.05, 0) is 103 Å². The van der Waals surface area contributed by atoms with Gasteiger partial charge >= 0.3 is 0 Å². The molecule has 0 saturated heterocycles. The van der Waals surface area contributed by atoms with Crippen molar-refractivity contribution in [2.75, 3.05) is 4.90 Å². The number of allylic oxidation sites excluding steroid dienone is 7. The molecule has 3 unspecified atom stereocenters. The highest BCUT2D eigenvalue weighted by molar-refractivity contribution is 6.03. The third-order valence-electron chi connectivity index (χ3n) is 14.8. The van der Waals surface area contributed by atoms with Gasteiger partial charge in [0, 0.05) is 40.2 Å². The van der Waals surface area contributed by atoms with E-state index in [9.17, 15) is 0 Å². The second-order valence-electron chi connectivity index (χ2n) is 18.3. The van der Waals surface area contributed by atoms with E-state index in [-0.39, 0.29) is 22.7 Å². The average Bonchev–Trinajstić information content (AvgIpc) is 3.77. The molecule has 0 bridgehead atoms. The average molecular weight is 808 g/mol. The number of nitrogens with zero attached hydrogens (tertiary/aromatic N) is 1. The molecule has 12 rings (SSSR count). The highest BCUT2D eigenvalue weighted by Crippen LogP contribution is 2.61. The van der Waals surface area contributed by atoms with E-state index in [4.69, 9.17) is 0 Å². The molecule has 0 saturated carbocycles. The molecule has 4 aliphatic rings. The molecule has 0 amide bonds. The minimum Gasteiger partial charge on any atom is -0.311 e. The summed E-state index contributed by atoms with van der Waals surface area (Å²) in [7, 11) is 0. The van der Waals surface area contributed by atoms with Gasteiger partial charge in [-0.1, -0.05) is 220 Å². The van der Waals surface area contributed by atoms with Crippen LogP contribution in [0.15, 0.2) is 242 Å². The maximum absolute atomic E-state index is 2.63. The smallest absolute Gasteiger partial charge is 0.0525 e. The van der Waals surface area contributed by atoms with Crippen molar-refractivity contribution in [3.05, 3.63) is 281 Å². The topological polar surface area (TPSA) is 3.24 Å². The fraction of sp³-hybridized carbons (Fsp3) is 0.129. The fourth-order valence-corrected chi connectivity index (χ4v) is 12.0. The van der Waals surface area contributed by atoms with E-state index in [1.165, 1.54) is 77.7 Å². The van der Waals surface area contributed by atoms with Crippen LogP contribution >= 0.6 is 0 Å². The Balaban J connectivity index is 0.989. The van der Waals surface area contributed by atoms with Crippen molar-refractivity contribution in [2.24, 2.45) is 5.92 Å². The number of fused-ring (bicyclic) bond motifs is 7. The normalized spacial score (nSPS) is 19.8. The first kappa shape index (κ1) is 37.5. The third kappa shape index (κ3) is 5.76. The molecule has 302 valence electrons. The Bertz CT molecular complexity index is 3120. The fourth-order valence-electron chi connectivity index (χ4n) is 12.0. The Morgan fingerprint density at radius 2 is 1.14 bits per heavy atom. The first-order chi connectivity index (χ1) is 31.0. The van der Waals surface area contributed by atoms with Gasteiger partial charge < -0.3 is 4.90 Å². The number of hydrogen-bond donors (Lipinski definition) is 0. The summed E-state index contributed by atoms with van der Waals surface area (Å²) in [6.45, 7) is 4.80. The van der Waals surface area contributed by atoms with Crippen LogP contribution in [0.25, 0.3) is 27.5 Å². The minimum absolute atomic E-state index is 0.0229. The van der Waals surface area contributed by atoms with Gasteiger partial charge in [-0.2, -0.15) is 0 Å². The molecule has 0 aliphatic heterocycles. The van der Waals surface area contributed by atoms with Crippen LogP contribution in [-0.4, -0.2) is 0 Å². The maximum atomic E-state index is 2.63. The monoisotopic (exact) mass is 807 g/mol. The van der Waals surface area contributed by atoms with E-state index in [2.05, 4.69) is 249 Å². The van der Waals surface area contributed by atoms with E-state index in [1.54, 1.807) is 0 Å². The molecular weight excluding hydrogens is 759 g/mol. The lowest BCUT2D eigenvalue weighted by Crippen LogP contribution is -2.35. The first-order valence-corrected chi connectivity index (χ1v) is 22.6. The lowest BCUT2D eigenvalue weighted by molar-refractivity contribution is 0.458. The van der Waals surface area contributed by atoms with Crippen molar-refractivity contribution in [1.82, 2.24) is 0 Å². The zero-order valence-corrected chi connectivity index (χ0v) is 35.8. The minimum atomic E-state index is -0.354. The summed E-state index contributed by atoms with van der Waals surface area (Å²) in [5.74, 6) is 0.840. The molecule has 1 nitrogen and oxygen atoms in total. The van der Waals surface area contributed by atoms with Crippen molar-refractivity contribution in [2.45, 2.75) is 42.9 Å². The van der Waals surface area contributed by atoms with Gasteiger partial charge in [0.1, 0.15) is 0 Å². The first-order valence-electron chi connectivity index (χ1n) is 22.6. The number of rotatable bonds is 7. The van der Waals surface area contributed by atoms with Gasteiger partial charge in [-0.15, -0.1) is 0 Å². The Hall–Kier alpha value is -7.22. The van der Waals surface area contributed by atoms with Gasteiger partial charge in [-0.3, -0.25) is 0 Å². The van der Waals surface area contributed by atoms with Crippen molar-refractivity contribution < 1.29 is 0 Å². The van der Waals surface area contributed by atoms with Gasteiger partial charge in [0.15, 0.2) is 0 Å². The molecule has 8 aromatic carbocycles.